The van der Waals surface area contributed by atoms with E-state index in [4.69, 9.17) is 5.73 Å². The number of carbonyl (C=O) groups excluding carboxylic acids is 1. The Kier molecular flexibility index (Phi) is 4.27. The van der Waals surface area contributed by atoms with E-state index in [1.54, 1.807) is 23.6 Å². The first-order valence-electron chi connectivity index (χ1n) is 6.44. The summed E-state index contributed by atoms with van der Waals surface area (Å²) in [6.07, 6.45) is 0. The summed E-state index contributed by atoms with van der Waals surface area (Å²) in [4.78, 5) is 27.2. The number of hydrogen-bond donors (Lipinski definition) is 1. The van der Waals surface area contributed by atoms with Crippen LogP contribution in [-0.4, -0.2) is 15.5 Å². The number of aryl methyl sites for hydroxylation is 2. The summed E-state index contributed by atoms with van der Waals surface area (Å²) in [7, 11) is 0. The average Bonchev–Trinajstić information content (AvgIpc) is 2.42. The van der Waals surface area contributed by atoms with Crippen molar-refractivity contribution in [3.05, 3.63) is 61.2 Å². The maximum atomic E-state index is 12.1. The van der Waals surface area contributed by atoms with Crippen LogP contribution in [0.15, 0.2) is 27.5 Å². The van der Waals surface area contributed by atoms with Crippen LogP contribution in [0.25, 0.3) is 0 Å². The van der Waals surface area contributed by atoms with Gasteiger partial charge in [-0.15, -0.1) is 0 Å². The first-order chi connectivity index (χ1) is 9.81. The monoisotopic (exact) mass is 349 g/mol. The lowest BCUT2D eigenvalue weighted by atomic mass is 10.0. The number of nitrogens with zero attached hydrogens (tertiary/aromatic N) is 2. The zero-order valence-corrected chi connectivity index (χ0v) is 13.7. The number of rotatable bonds is 3. The summed E-state index contributed by atoms with van der Waals surface area (Å²) in [5, 5.41) is 0. The molecule has 21 heavy (non-hydrogen) atoms. The Labute approximate surface area is 130 Å². The zero-order chi connectivity index (χ0) is 15.7. The van der Waals surface area contributed by atoms with Crippen molar-refractivity contribution >= 4 is 21.8 Å². The van der Waals surface area contributed by atoms with Gasteiger partial charge >= 0.3 is 5.69 Å². The van der Waals surface area contributed by atoms with Gasteiger partial charge in [-0.1, -0.05) is 6.07 Å². The van der Waals surface area contributed by atoms with Gasteiger partial charge in [0.1, 0.15) is 0 Å². The van der Waals surface area contributed by atoms with Gasteiger partial charge in [0.05, 0.1) is 16.7 Å². The molecule has 0 aliphatic heterocycles. The SMILES string of the molecule is Cc1cc(C(N)=O)ccc1Cn1c(C)c(Br)c(C)nc1=O. The van der Waals surface area contributed by atoms with Gasteiger partial charge in [-0.2, -0.15) is 4.98 Å². The molecular weight excluding hydrogens is 334 g/mol. The maximum Gasteiger partial charge on any atom is 0.348 e. The quantitative estimate of drug-likeness (QED) is 0.921. The molecule has 0 radical (unpaired) electrons. The summed E-state index contributed by atoms with van der Waals surface area (Å²) >= 11 is 3.44. The zero-order valence-electron chi connectivity index (χ0n) is 12.1. The summed E-state index contributed by atoms with van der Waals surface area (Å²) in [5.74, 6) is -0.460. The van der Waals surface area contributed by atoms with Gasteiger partial charge in [-0.05, 0) is 60.0 Å². The fourth-order valence-corrected chi connectivity index (χ4v) is 2.46. The molecular formula is C15H16BrN3O2. The largest absolute Gasteiger partial charge is 0.366 e. The predicted octanol–water partition coefficient (Wildman–Crippen LogP) is 2.08. The van der Waals surface area contributed by atoms with Crippen molar-refractivity contribution in [2.75, 3.05) is 0 Å². The second-order valence-electron chi connectivity index (χ2n) is 4.97. The molecule has 2 rings (SSSR count). The van der Waals surface area contributed by atoms with E-state index in [-0.39, 0.29) is 5.69 Å². The Hall–Kier alpha value is -1.95. The summed E-state index contributed by atoms with van der Waals surface area (Å²) in [6.45, 7) is 5.95. The van der Waals surface area contributed by atoms with E-state index in [2.05, 4.69) is 20.9 Å². The summed E-state index contributed by atoms with van der Waals surface area (Å²) in [5.41, 5.74) is 8.79. The molecule has 2 N–H and O–H groups in total. The highest BCUT2D eigenvalue weighted by Gasteiger charge is 2.11. The third-order valence-corrected chi connectivity index (χ3v) is 4.64. The molecule has 1 aromatic carbocycles. The highest BCUT2D eigenvalue weighted by Crippen LogP contribution is 2.19. The van der Waals surface area contributed by atoms with Crippen LogP contribution >= 0.6 is 15.9 Å². The third kappa shape index (κ3) is 3.05. The van der Waals surface area contributed by atoms with Crippen molar-refractivity contribution in [3.63, 3.8) is 0 Å². The normalized spacial score (nSPS) is 10.7. The topological polar surface area (TPSA) is 78.0 Å². The molecule has 2 aromatic rings. The van der Waals surface area contributed by atoms with Crippen LogP contribution in [-0.2, 0) is 6.54 Å². The van der Waals surface area contributed by atoms with Crippen LogP contribution in [0.4, 0.5) is 0 Å². The third-order valence-electron chi connectivity index (χ3n) is 3.49. The van der Waals surface area contributed by atoms with E-state index in [0.717, 1.165) is 21.3 Å². The molecule has 0 saturated heterocycles. The number of hydrogen-bond acceptors (Lipinski definition) is 3. The number of aromatic nitrogens is 2. The second-order valence-corrected chi connectivity index (χ2v) is 5.76. The van der Waals surface area contributed by atoms with Crippen LogP contribution in [0.1, 0.15) is 32.9 Å². The van der Waals surface area contributed by atoms with Gasteiger partial charge in [-0.3, -0.25) is 9.36 Å². The molecule has 0 spiro atoms. The van der Waals surface area contributed by atoms with Crippen molar-refractivity contribution in [3.8, 4) is 0 Å². The molecule has 1 heterocycles. The molecule has 110 valence electrons. The van der Waals surface area contributed by atoms with Crippen molar-refractivity contribution in [2.24, 2.45) is 5.73 Å². The van der Waals surface area contributed by atoms with E-state index >= 15 is 0 Å². The van der Waals surface area contributed by atoms with E-state index in [1.807, 2.05) is 19.9 Å². The minimum absolute atomic E-state index is 0.286. The van der Waals surface area contributed by atoms with Gasteiger partial charge in [-0.25, -0.2) is 4.79 Å². The molecule has 0 aliphatic rings. The molecule has 6 heteroatoms. The molecule has 0 atom stereocenters. The highest BCUT2D eigenvalue weighted by atomic mass is 79.9. The minimum atomic E-state index is -0.460. The Morgan fingerprint density at radius 1 is 1.33 bits per heavy atom. The van der Waals surface area contributed by atoms with E-state index < -0.39 is 5.91 Å². The first kappa shape index (κ1) is 15.4. The lowest BCUT2D eigenvalue weighted by molar-refractivity contribution is 0.1000. The molecule has 0 unspecified atom stereocenters. The number of nitrogens with two attached hydrogens (primary N) is 1. The lowest BCUT2D eigenvalue weighted by Gasteiger charge is -2.14. The van der Waals surface area contributed by atoms with Crippen LogP contribution < -0.4 is 11.4 Å². The number of primary amides is 1. The molecule has 0 bridgehead atoms. The highest BCUT2D eigenvalue weighted by molar-refractivity contribution is 9.10. The summed E-state index contributed by atoms with van der Waals surface area (Å²) in [6, 6.07) is 5.21. The second kappa shape index (κ2) is 5.81. The fraction of sp³-hybridized carbons (Fsp3) is 0.267. The standard InChI is InChI=1S/C15H16BrN3O2/c1-8-6-11(14(17)20)4-5-12(8)7-19-10(3)13(16)9(2)18-15(19)21/h4-6H,7H2,1-3H3,(H2,17,20). The Bertz CT molecular complexity index is 781. The van der Waals surface area contributed by atoms with Gasteiger partial charge in [0.25, 0.3) is 0 Å². The number of halogens is 1. The Morgan fingerprint density at radius 2 is 2.00 bits per heavy atom. The predicted molar refractivity (Wildman–Crippen MR) is 84.5 cm³/mol. The molecule has 1 amide bonds. The van der Waals surface area contributed by atoms with Crippen LogP contribution in [0.3, 0.4) is 0 Å². The van der Waals surface area contributed by atoms with Gasteiger partial charge in [0, 0.05) is 11.3 Å². The molecule has 0 aliphatic carbocycles. The van der Waals surface area contributed by atoms with Gasteiger partial charge < -0.3 is 5.73 Å². The number of carbonyl (C=O) groups is 1. The minimum Gasteiger partial charge on any atom is -0.366 e. The Balaban J connectivity index is 2.46. The lowest BCUT2D eigenvalue weighted by Crippen LogP contribution is -2.27. The van der Waals surface area contributed by atoms with E-state index in [9.17, 15) is 9.59 Å². The van der Waals surface area contributed by atoms with E-state index in [1.165, 1.54) is 0 Å². The van der Waals surface area contributed by atoms with Gasteiger partial charge in [0.2, 0.25) is 5.91 Å². The Morgan fingerprint density at radius 3 is 2.57 bits per heavy atom. The van der Waals surface area contributed by atoms with Crippen molar-refractivity contribution in [1.82, 2.24) is 9.55 Å². The fourth-order valence-electron chi connectivity index (χ4n) is 2.16. The van der Waals surface area contributed by atoms with Crippen LogP contribution in [0.2, 0.25) is 0 Å². The molecule has 5 nitrogen and oxygen atoms in total. The van der Waals surface area contributed by atoms with Crippen molar-refractivity contribution < 1.29 is 4.79 Å². The molecule has 0 saturated carbocycles. The first-order valence-corrected chi connectivity index (χ1v) is 7.23. The summed E-state index contributed by atoms with van der Waals surface area (Å²) < 4.78 is 2.43. The van der Waals surface area contributed by atoms with E-state index in [0.29, 0.717) is 17.8 Å². The van der Waals surface area contributed by atoms with Gasteiger partial charge in [0.15, 0.2) is 0 Å². The number of benzene rings is 1. The van der Waals surface area contributed by atoms with Crippen LogP contribution in [0, 0.1) is 20.8 Å². The average molecular weight is 350 g/mol. The van der Waals surface area contributed by atoms with Crippen molar-refractivity contribution in [2.45, 2.75) is 27.3 Å². The van der Waals surface area contributed by atoms with Crippen molar-refractivity contribution in [1.29, 1.82) is 0 Å². The smallest absolute Gasteiger partial charge is 0.348 e. The van der Waals surface area contributed by atoms with Crippen LogP contribution in [0.5, 0.6) is 0 Å². The molecule has 1 aromatic heterocycles. The molecule has 0 fully saturated rings. The maximum absolute atomic E-state index is 12.1. The number of amides is 1.